The summed E-state index contributed by atoms with van der Waals surface area (Å²) in [6.07, 6.45) is 2.25. The quantitative estimate of drug-likeness (QED) is 0.843. The molecule has 1 aliphatic rings. The van der Waals surface area contributed by atoms with Gasteiger partial charge < -0.3 is 5.32 Å². The lowest BCUT2D eigenvalue weighted by atomic mass is 10.1. The largest absolute Gasteiger partial charge is 0.351 e. The van der Waals surface area contributed by atoms with E-state index in [-0.39, 0.29) is 17.4 Å². The average molecular weight is 348 g/mol. The number of nitrogens with zero attached hydrogens (tertiary/aromatic N) is 1. The molecule has 0 saturated heterocycles. The molecule has 0 bridgehead atoms. The second-order valence-corrected chi connectivity index (χ2v) is 8.47. The SMILES string of the molecule is CC(C)(C)NC(=O)CCSC1=NC(=O)/C(=C\c2ccccc2)S1. The Balaban J connectivity index is 1.82. The molecule has 0 unspecified atom stereocenters. The van der Waals surface area contributed by atoms with E-state index >= 15 is 0 Å². The molecule has 1 heterocycles. The van der Waals surface area contributed by atoms with Crippen LogP contribution in [0.3, 0.4) is 0 Å². The predicted octanol–water partition coefficient (Wildman–Crippen LogP) is 3.69. The maximum Gasteiger partial charge on any atom is 0.285 e. The number of thioether (sulfide) groups is 2. The first-order valence-corrected chi connectivity index (χ1v) is 9.15. The number of hydrogen-bond acceptors (Lipinski definition) is 4. The Morgan fingerprint density at radius 1 is 1.30 bits per heavy atom. The molecule has 2 amide bonds. The van der Waals surface area contributed by atoms with Crippen LogP contribution in [-0.4, -0.2) is 27.5 Å². The summed E-state index contributed by atoms with van der Waals surface area (Å²) in [7, 11) is 0. The number of carbonyl (C=O) groups is 2. The Morgan fingerprint density at radius 3 is 2.65 bits per heavy atom. The van der Waals surface area contributed by atoms with E-state index in [4.69, 9.17) is 0 Å². The van der Waals surface area contributed by atoms with Crippen molar-refractivity contribution in [2.45, 2.75) is 32.7 Å². The van der Waals surface area contributed by atoms with Gasteiger partial charge in [-0.15, -0.1) is 0 Å². The monoisotopic (exact) mass is 348 g/mol. The number of amides is 2. The molecule has 0 spiro atoms. The van der Waals surface area contributed by atoms with Gasteiger partial charge in [0.25, 0.3) is 5.91 Å². The van der Waals surface area contributed by atoms with E-state index in [1.54, 1.807) is 0 Å². The van der Waals surface area contributed by atoms with Gasteiger partial charge in [-0.2, -0.15) is 4.99 Å². The Morgan fingerprint density at radius 2 is 2.00 bits per heavy atom. The molecule has 0 fully saturated rings. The van der Waals surface area contributed by atoms with Gasteiger partial charge in [-0.1, -0.05) is 53.9 Å². The third kappa shape index (κ3) is 6.23. The van der Waals surface area contributed by atoms with Crippen LogP contribution in [0.15, 0.2) is 40.2 Å². The van der Waals surface area contributed by atoms with Gasteiger partial charge in [0.1, 0.15) is 4.38 Å². The fourth-order valence-electron chi connectivity index (χ4n) is 1.86. The lowest BCUT2D eigenvalue weighted by Gasteiger charge is -2.20. The molecule has 1 aromatic rings. The summed E-state index contributed by atoms with van der Waals surface area (Å²) >= 11 is 2.82. The van der Waals surface area contributed by atoms with Crippen LogP contribution < -0.4 is 5.32 Å². The third-order valence-electron chi connectivity index (χ3n) is 2.77. The van der Waals surface area contributed by atoms with Crippen molar-refractivity contribution in [2.75, 3.05) is 5.75 Å². The fraction of sp³-hybridized carbons (Fsp3) is 0.353. The Labute approximate surface area is 145 Å². The normalized spacial score (nSPS) is 16.6. The summed E-state index contributed by atoms with van der Waals surface area (Å²) in [6.45, 7) is 5.86. The van der Waals surface area contributed by atoms with Gasteiger partial charge in [0.2, 0.25) is 5.91 Å². The molecule has 0 aliphatic carbocycles. The van der Waals surface area contributed by atoms with Crippen molar-refractivity contribution in [3.05, 3.63) is 40.8 Å². The molecular weight excluding hydrogens is 328 g/mol. The molecule has 1 aromatic carbocycles. The van der Waals surface area contributed by atoms with E-state index in [0.29, 0.717) is 21.5 Å². The first-order chi connectivity index (χ1) is 10.8. The van der Waals surface area contributed by atoms with Crippen molar-refractivity contribution in [1.29, 1.82) is 0 Å². The van der Waals surface area contributed by atoms with Crippen molar-refractivity contribution in [3.8, 4) is 0 Å². The van der Waals surface area contributed by atoms with Crippen LogP contribution in [0.25, 0.3) is 6.08 Å². The Bertz CT molecular complexity index is 646. The van der Waals surface area contributed by atoms with Gasteiger partial charge in [0, 0.05) is 17.7 Å². The van der Waals surface area contributed by atoms with Crippen LogP contribution >= 0.6 is 23.5 Å². The third-order valence-corrected chi connectivity index (χ3v) is 4.90. The first-order valence-electron chi connectivity index (χ1n) is 7.35. The highest BCUT2D eigenvalue weighted by molar-refractivity contribution is 8.41. The van der Waals surface area contributed by atoms with E-state index in [2.05, 4.69) is 10.3 Å². The number of hydrogen-bond donors (Lipinski definition) is 1. The molecule has 23 heavy (non-hydrogen) atoms. The van der Waals surface area contributed by atoms with E-state index in [1.807, 2.05) is 57.2 Å². The van der Waals surface area contributed by atoms with Gasteiger partial charge in [0.15, 0.2) is 0 Å². The Kier molecular flexibility index (Phi) is 6.07. The summed E-state index contributed by atoms with van der Waals surface area (Å²) in [6, 6.07) is 9.69. The second kappa shape index (κ2) is 7.84. The van der Waals surface area contributed by atoms with Crippen LogP contribution in [0.4, 0.5) is 0 Å². The van der Waals surface area contributed by atoms with E-state index in [0.717, 1.165) is 5.56 Å². The maximum absolute atomic E-state index is 11.9. The number of rotatable bonds is 4. The number of carbonyl (C=O) groups excluding carboxylic acids is 2. The minimum absolute atomic E-state index is 0.0139. The van der Waals surface area contributed by atoms with Crippen molar-refractivity contribution in [1.82, 2.24) is 5.32 Å². The van der Waals surface area contributed by atoms with E-state index in [9.17, 15) is 9.59 Å². The number of aliphatic imine (C=N–C) groups is 1. The van der Waals surface area contributed by atoms with E-state index in [1.165, 1.54) is 23.5 Å². The summed E-state index contributed by atoms with van der Waals surface area (Å²) in [5, 5.41) is 2.92. The zero-order valence-corrected chi connectivity index (χ0v) is 15.1. The maximum atomic E-state index is 11.9. The van der Waals surface area contributed by atoms with Gasteiger partial charge in [-0.05, 0) is 32.4 Å². The predicted molar refractivity (Wildman–Crippen MR) is 99.4 cm³/mol. The van der Waals surface area contributed by atoms with Crippen molar-refractivity contribution >= 4 is 45.8 Å². The lowest BCUT2D eigenvalue weighted by molar-refractivity contribution is -0.122. The number of benzene rings is 1. The standard InChI is InChI=1S/C17H20N2O2S2/c1-17(2,3)19-14(20)9-10-22-16-18-15(21)13(23-16)11-12-7-5-4-6-8-12/h4-8,11H,9-10H2,1-3H3,(H,19,20)/b13-11+. The van der Waals surface area contributed by atoms with Crippen LogP contribution in [-0.2, 0) is 9.59 Å². The van der Waals surface area contributed by atoms with Gasteiger partial charge in [0.05, 0.1) is 4.91 Å². The molecular formula is C17H20N2O2S2. The van der Waals surface area contributed by atoms with Gasteiger partial charge in [-0.25, -0.2) is 0 Å². The van der Waals surface area contributed by atoms with Crippen LogP contribution in [0.2, 0.25) is 0 Å². The smallest absolute Gasteiger partial charge is 0.285 e. The van der Waals surface area contributed by atoms with Crippen molar-refractivity contribution in [2.24, 2.45) is 4.99 Å². The molecule has 6 heteroatoms. The summed E-state index contributed by atoms with van der Waals surface area (Å²) in [5.74, 6) is 0.417. The molecule has 1 aliphatic heterocycles. The molecule has 122 valence electrons. The van der Waals surface area contributed by atoms with Crippen molar-refractivity contribution < 1.29 is 9.59 Å². The zero-order chi connectivity index (χ0) is 16.9. The van der Waals surface area contributed by atoms with Crippen LogP contribution in [0, 0.1) is 0 Å². The summed E-state index contributed by atoms with van der Waals surface area (Å²) in [4.78, 5) is 28.3. The fourth-order valence-corrected chi connectivity index (χ4v) is 3.87. The van der Waals surface area contributed by atoms with Crippen molar-refractivity contribution in [3.63, 3.8) is 0 Å². The van der Waals surface area contributed by atoms with E-state index < -0.39 is 0 Å². The Hall–Kier alpha value is -1.53. The first kappa shape index (κ1) is 17.8. The summed E-state index contributed by atoms with van der Waals surface area (Å²) in [5.41, 5.74) is 0.762. The second-order valence-electron chi connectivity index (χ2n) is 6.10. The van der Waals surface area contributed by atoms with Gasteiger partial charge in [-0.3, -0.25) is 9.59 Å². The highest BCUT2D eigenvalue weighted by atomic mass is 32.2. The number of nitrogens with one attached hydrogen (secondary N) is 1. The van der Waals surface area contributed by atoms with Crippen LogP contribution in [0.5, 0.6) is 0 Å². The molecule has 2 rings (SSSR count). The van der Waals surface area contributed by atoms with Gasteiger partial charge >= 0.3 is 0 Å². The molecule has 0 aromatic heterocycles. The topological polar surface area (TPSA) is 58.5 Å². The highest BCUT2D eigenvalue weighted by Gasteiger charge is 2.22. The average Bonchev–Trinajstić information content (AvgIpc) is 2.78. The zero-order valence-electron chi connectivity index (χ0n) is 13.5. The highest BCUT2D eigenvalue weighted by Crippen LogP contribution is 2.33. The molecule has 4 nitrogen and oxygen atoms in total. The molecule has 0 saturated carbocycles. The van der Waals surface area contributed by atoms with Crippen LogP contribution in [0.1, 0.15) is 32.8 Å². The minimum Gasteiger partial charge on any atom is -0.351 e. The minimum atomic E-state index is -0.219. The summed E-state index contributed by atoms with van der Waals surface area (Å²) < 4.78 is 0.709. The molecule has 0 radical (unpaired) electrons. The lowest BCUT2D eigenvalue weighted by Crippen LogP contribution is -2.40. The molecule has 1 N–H and O–H groups in total. The molecule has 0 atom stereocenters.